The van der Waals surface area contributed by atoms with Gasteiger partial charge < -0.3 is 10.4 Å². The van der Waals surface area contributed by atoms with E-state index in [-0.39, 0.29) is 0 Å². The van der Waals surface area contributed by atoms with Crippen LogP contribution in [0.3, 0.4) is 0 Å². The van der Waals surface area contributed by atoms with Gasteiger partial charge in [0, 0.05) is 6.54 Å². The first kappa shape index (κ1) is 14.6. The molecule has 2 N–H and O–H groups in total. The lowest BCUT2D eigenvalue weighted by atomic mass is 10.0. The van der Waals surface area contributed by atoms with Gasteiger partial charge in [0.2, 0.25) is 0 Å². The minimum atomic E-state index is -0.918. The van der Waals surface area contributed by atoms with Crippen molar-refractivity contribution in [3.05, 3.63) is 64.7 Å². The second-order valence-electron chi connectivity index (χ2n) is 4.80. The molecule has 0 aliphatic carbocycles. The number of aryl methyl sites for hydroxylation is 1. The summed E-state index contributed by atoms with van der Waals surface area (Å²) in [6.45, 7) is 2.51. The molecule has 21 heavy (non-hydrogen) atoms. The van der Waals surface area contributed by atoms with E-state index in [9.17, 15) is 4.79 Å². The molecule has 2 rings (SSSR count). The number of nitrogens with zero attached hydrogens (tertiary/aromatic N) is 1. The zero-order valence-corrected chi connectivity index (χ0v) is 11.8. The Morgan fingerprint density at radius 3 is 2.76 bits per heavy atom. The quantitative estimate of drug-likeness (QED) is 0.882. The Kier molecular flexibility index (Phi) is 4.57. The number of benzene rings is 2. The van der Waals surface area contributed by atoms with Crippen molar-refractivity contribution in [1.29, 1.82) is 5.26 Å². The molecular formula is C17H16N2O2. The SMILES string of the molecule is Cc1ccc(NCCc2ccccc2C(=O)O)c(C#N)c1. The van der Waals surface area contributed by atoms with Crippen molar-refractivity contribution in [3.8, 4) is 6.07 Å². The highest BCUT2D eigenvalue weighted by Gasteiger charge is 2.08. The lowest BCUT2D eigenvalue weighted by molar-refractivity contribution is 0.0695. The summed E-state index contributed by atoms with van der Waals surface area (Å²) >= 11 is 0. The Morgan fingerprint density at radius 1 is 1.29 bits per heavy atom. The molecule has 0 bridgehead atoms. The van der Waals surface area contributed by atoms with E-state index < -0.39 is 5.97 Å². The van der Waals surface area contributed by atoms with Crippen LogP contribution in [0.1, 0.15) is 27.0 Å². The average molecular weight is 280 g/mol. The third-order valence-corrected chi connectivity index (χ3v) is 3.25. The topological polar surface area (TPSA) is 73.1 Å². The van der Waals surface area contributed by atoms with Crippen LogP contribution in [0.15, 0.2) is 42.5 Å². The van der Waals surface area contributed by atoms with Crippen LogP contribution in [0.2, 0.25) is 0 Å². The van der Waals surface area contributed by atoms with Crippen LogP contribution in [0, 0.1) is 18.3 Å². The summed E-state index contributed by atoms with van der Waals surface area (Å²) in [7, 11) is 0. The van der Waals surface area contributed by atoms with Gasteiger partial charge >= 0.3 is 5.97 Å². The second-order valence-corrected chi connectivity index (χ2v) is 4.80. The minimum absolute atomic E-state index is 0.323. The molecular weight excluding hydrogens is 264 g/mol. The van der Waals surface area contributed by atoms with E-state index in [1.807, 2.05) is 37.3 Å². The predicted molar refractivity (Wildman–Crippen MR) is 81.5 cm³/mol. The van der Waals surface area contributed by atoms with Crippen LogP contribution in [-0.4, -0.2) is 17.6 Å². The number of nitrogens with one attached hydrogen (secondary N) is 1. The Morgan fingerprint density at radius 2 is 2.05 bits per heavy atom. The normalized spacial score (nSPS) is 9.90. The monoisotopic (exact) mass is 280 g/mol. The van der Waals surface area contributed by atoms with Gasteiger partial charge in [-0.05, 0) is 42.7 Å². The summed E-state index contributed by atoms with van der Waals surface area (Å²) in [5.41, 5.74) is 3.51. The van der Waals surface area contributed by atoms with Gasteiger partial charge in [-0.15, -0.1) is 0 Å². The summed E-state index contributed by atoms with van der Waals surface area (Å²) in [5, 5.41) is 21.4. The van der Waals surface area contributed by atoms with Gasteiger partial charge in [-0.3, -0.25) is 0 Å². The Labute approximate surface area is 123 Å². The highest BCUT2D eigenvalue weighted by atomic mass is 16.4. The molecule has 0 aromatic heterocycles. The summed E-state index contributed by atoms with van der Waals surface area (Å²) in [5.74, 6) is -0.918. The molecule has 106 valence electrons. The maximum atomic E-state index is 11.1. The first-order chi connectivity index (χ1) is 10.1. The standard InChI is InChI=1S/C17H16N2O2/c1-12-6-7-16(14(10-12)11-18)19-9-8-13-4-2-3-5-15(13)17(20)21/h2-7,10,19H,8-9H2,1H3,(H,20,21). The maximum absolute atomic E-state index is 11.1. The van der Waals surface area contributed by atoms with Crippen LogP contribution in [-0.2, 0) is 6.42 Å². The molecule has 0 heterocycles. The third-order valence-electron chi connectivity index (χ3n) is 3.25. The van der Waals surface area contributed by atoms with Gasteiger partial charge in [-0.2, -0.15) is 5.26 Å². The number of hydrogen-bond donors (Lipinski definition) is 2. The molecule has 0 unspecified atom stereocenters. The molecule has 4 nitrogen and oxygen atoms in total. The Balaban J connectivity index is 2.06. The molecule has 0 aliphatic heterocycles. The molecule has 0 saturated carbocycles. The molecule has 0 radical (unpaired) electrons. The fourth-order valence-electron chi connectivity index (χ4n) is 2.18. The first-order valence-electron chi connectivity index (χ1n) is 6.67. The summed E-state index contributed by atoms with van der Waals surface area (Å²) in [6, 6.07) is 14.8. The highest BCUT2D eigenvalue weighted by Crippen LogP contribution is 2.17. The number of hydrogen-bond acceptors (Lipinski definition) is 3. The molecule has 0 spiro atoms. The van der Waals surface area contributed by atoms with Crippen molar-refractivity contribution in [1.82, 2.24) is 0 Å². The van der Waals surface area contributed by atoms with Crippen LogP contribution in [0.5, 0.6) is 0 Å². The number of aromatic carboxylic acids is 1. The van der Waals surface area contributed by atoms with E-state index in [0.29, 0.717) is 24.1 Å². The molecule has 2 aromatic rings. The van der Waals surface area contributed by atoms with Crippen LogP contribution < -0.4 is 5.32 Å². The Hall–Kier alpha value is -2.80. The minimum Gasteiger partial charge on any atom is -0.478 e. The average Bonchev–Trinajstić information content (AvgIpc) is 2.49. The molecule has 0 saturated heterocycles. The number of rotatable bonds is 5. The number of carboxylic acid groups (broad SMARTS) is 1. The van der Waals surface area contributed by atoms with Crippen molar-refractivity contribution in [2.75, 3.05) is 11.9 Å². The van der Waals surface area contributed by atoms with Gasteiger partial charge in [0.05, 0.1) is 16.8 Å². The van der Waals surface area contributed by atoms with E-state index in [4.69, 9.17) is 10.4 Å². The molecule has 0 amide bonds. The summed E-state index contributed by atoms with van der Waals surface area (Å²) in [6.07, 6.45) is 0.585. The largest absolute Gasteiger partial charge is 0.478 e. The molecule has 2 aromatic carbocycles. The van der Waals surface area contributed by atoms with E-state index in [0.717, 1.165) is 16.8 Å². The summed E-state index contributed by atoms with van der Waals surface area (Å²) in [4.78, 5) is 11.1. The van der Waals surface area contributed by atoms with Crippen molar-refractivity contribution in [2.24, 2.45) is 0 Å². The van der Waals surface area contributed by atoms with Gasteiger partial charge in [-0.1, -0.05) is 24.3 Å². The van der Waals surface area contributed by atoms with E-state index in [1.54, 1.807) is 12.1 Å². The lowest BCUT2D eigenvalue weighted by Gasteiger charge is -2.10. The number of carbonyl (C=O) groups is 1. The van der Waals surface area contributed by atoms with Crippen molar-refractivity contribution in [2.45, 2.75) is 13.3 Å². The molecule has 0 aliphatic rings. The van der Waals surface area contributed by atoms with Gasteiger partial charge in [0.25, 0.3) is 0 Å². The fraction of sp³-hybridized carbons (Fsp3) is 0.176. The van der Waals surface area contributed by atoms with Crippen molar-refractivity contribution < 1.29 is 9.90 Å². The Bertz CT molecular complexity index is 702. The summed E-state index contributed by atoms with van der Waals surface area (Å²) < 4.78 is 0. The zero-order chi connectivity index (χ0) is 15.2. The fourth-order valence-corrected chi connectivity index (χ4v) is 2.18. The van der Waals surface area contributed by atoms with Crippen LogP contribution >= 0.6 is 0 Å². The van der Waals surface area contributed by atoms with Gasteiger partial charge in [0.1, 0.15) is 6.07 Å². The van der Waals surface area contributed by atoms with Crippen LogP contribution in [0.25, 0.3) is 0 Å². The molecule has 0 atom stereocenters. The van der Waals surface area contributed by atoms with Crippen molar-refractivity contribution >= 4 is 11.7 Å². The van der Waals surface area contributed by atoms with Gasteiger partial charge in [0.15, 0.2) is 0 Å². The van der Waals surface area contributed by atoms with E-state index in [2.05, 4.69) is 11.4 Å². The third kappa shape index (κ3) is 3.61. The first-order valence-corrected chi connectivity index (χ1v) is 6.67. The lowest BCUT2D eigenvalue weighted by Crippen LogP contribution is -2.10. The zero-order valence-electron chi connectivity index (χ0n) is 11.8. The van der Waals surface area contributed by atoms with Gasteiger partial charge in [-0.25, -0.2) is 4.79 Å². The molecule has 0 fully saturated rings. The highest BCUT2D eigenvalue weighted by molar-refractivity contribution is 5.89. The maximum Gasteiger partial charge on any atom is 0.335 e. The number of nitriles is 1. The molecule has 4 heteroatoms. The second kappa shape index (κ2) is 6.58. The van der Waals surface area contributed by atoms with E-state index in [1.165, 1.54) is 0 Å². The van der Waals surface area contributed by atoms with E-state index >= 15 is 0 Å². The number of carboxylic acids is 1. The predicted octanol–water partition coefficient (Wildman–Crippen LogP) is 3.22. The van der Waals surface area contributed by atoms with Crippen molar-refractivity contribution in [3.63, 3.8) is 0 Å². The number of anilines is 1. The van der Waals surface area contributed by atoms with Crippen LogP contribution in [0.4, 0.5) is 5.69 Å². The smallest absolute Gasteiger partial charge is 0.335 e.